The summed E-state index contributed by atoms with van der Waals surface area (Å²) in [6, 6.07) is -2.05. The van der Waals surface area contributed by atoms with E-state index < -0.39 is 55.5 Å². The Morgan fingerprint density at radius 2 is 1.40 bits per heavy atom. The van der Waals surface area contributed by atoms with E-state index in [-0.39, 0.29) is 29.6 Å². The van der Waals surface area contributed by atoms with Crippen LogP contribution in [-0.2, 0) is 19.2 Å². The second kappa shape index (κ2) is 9.66. The van der Waals surface area contributed by atoms with E-state index in [0.717, 1.165) is 0 Å². The van der Waals surface area contributed by atoms with Crippen LogP contribution < -0.4 is 0 Å². The number of nitrogens with zero attached hydrogens (tertiary/aromatic N) is 1. The number of hydrogen-bond donors (Lipinski definition) is 5. The zero-order valence-corrected chi connectivity index (χ0v) is 9.59. The average molecular weight is 303 g/mol. The van der Waals surface area contributed by atoms with Crippen LogP contribution in [0.5, 0.6) is 0 Å². The molecule has 0 amide bonds. The van der Waals surface area contributed by atoms with Gasteiger partial charge in [-0.05, 0) is 0 Å². The summed E-state index contributed by atoms with van der Waals surface area (Å²) in [6.45, 7) is -1.43. The normalized spacial score (nSPS) is 13.1. The Morgan fingerprint density at radius 3 is 1.70 bits per heavy atom. The number of carbonyl (C=O) groups is 4. The quantitative estimate of drug-likeness (QED) is 0.278. The molecule has 0 aliphatic carbocycles. The zero-order chi connectivity index (χ0) is 15.2. The molecule has 0 heterocycles. The molecule has 10 nitrogen and oxygen atoms in total. The Hall–Kier alpha value is -1.20. The molecule has 0 aromatic carbocycles. The van der Waals surface area contributed by atoms with Crippen LogP contribution in [-0.4, -0.2) is 109 Å². The van der Waals surface area contributed by atoms with Crippen LogP contribution in [0.1, 0.15) is 6.42 Å². The van der Waals surface area contributed by atoms with Gasteiger partial charge in [-0.2, -0.15) is 0 Å². The van der Waals surface area contributed by atoms with Gasteiger partial charge in [-0.25, -0.2) is 4.79 Å². The summed E-state index contributed by atoms with van der Waals surface area (Å²) < 4.78 is 0. The van der Waals surface area contributed by atoms with Gasteiger partial charge in [0.25, 0.3) is 0 Å². The number of hydrogen-bond acceptors (Lipinski definition) is 6. The summed E-state index contributed by atoms with van der Waals surface area (Å²) in [7, 11) is 0. The molecule has 2 atom stereocenters. The van der Waals surface area contributed by atoms with Crippen molar-refractivity contribution < 1.29 is 44.7 Å². The van der Waals surface area contributed by atoms with E-state index in [0.29, 0.717) is 4.90 Å². The third kappa shape index (κ3) is 7.40. The molecule has 0 fully saturated rings. The SMILES string of the molecule is O=C(O)CCN(CC(=O)O)[C@H](C(=O)O)C(O)C(=O)O.[NaH]. The molecule has 11 heteroatoms. The van der Waals surface area contributed by atoms with E-state index in [4.69, 9.17) is 20.4 Å². The van der Waals surface area contributed by atoms with Gasteiger partial charge in [0.15, 0.2) is 6.10 Å². The van der Waals surface area contributed by atoms with Crippen molar-refractivity contribution in [1.29, 1.82) is 0 Å². The fourth-order valence-electron chi connectivity index (χ4n) is 1.36. The van der Waals surface area contributed by atoms with E-state index in [1.54, 1.807) is 0 Å². The molecule has 0 aliphatic rings. The standard InChI is InChI=1S/C9H13NO9.Na.H/c11-4(12)1-2-10(3-5(13)14)6(8(16)17)7(15)9(18)19;;/h6-7,15H,1-3H2,(H,11,12)(H,13,14)(H,16,17)(H,18,19);;/t6-,7?;;/m0../s1. The van der Waals surface area contributed by atoms with Crippen LogP contribution in [0.25, 0.3) is 0 Å². The van der Waals surface area contributed by atoms with E-state index in [1.807, 2.05) is 0 Å². The van der Waals surface area contributed by atoms with Gasteiger partial charge >= 0.3 is 53.4 Å². The Balaban J connectivity index is 0. The third-order valence-electron chi connectivity index (χ3n) is 2.15. The predicted molar refractivity (Wildman–Crippen MR) is 63.7 cm³/mol. The topological polar surface area (TPSA) is 173 Å². The summed E-state index contributed by atoms with van der Waals surface area (Å²) in [5.74, 6) is -6.40. The number of aliphatic carboxylic acids is 4. The van der Waals surface area contributed by atoms with E-state index in [1.165, 1.54) is 0 Å². The Labute approximate surface area is 134 Å². The van der Waals surface area contributed by atoms with Gasteiger partial charge in [-0.15, -0.1) is 0 Å². The molecule has 110 valence electrons. The fourth-order valence-corrected chi connectivity index (χ4v) is 1.36. The Kier molecular flexibility index (Phi) is 10.2. The molecule has 0 rings (SSSR count). The van der Waals surface area contributed by atoms with Crippen molar-refractivity contribution in [2.45, 2.75) is 18.6 Å². The van der Waals surface area contributed by atoms with Crippen molar-refractivity contribution in [2.75, 3.05) is 13.1 Å². The van der Waals surface area contributed by atoms with E-state index in [9.17, 15) is 24.3 Å². The summed E-state index contributed by atoms with van der Waals surface area (Å²) in [4.78, 5) is 43.0. The van der Waals surface area contributed by atoms with Crippen LogP contribution in [0, 0.1) is 0 Å². The first-order chi connectivity index (χ1) is 8.66. The van der Waals surface area contributed by atoms with Gasteiger partial charge in [0.05, 0.1) is 13.0 Å². The molecule has 0 bridgehead atoms. The van der Waals surface area contributed by atoms with Gasteiger partial charge in [0.2, 0.25) is 0 Å². The number of rotatable bonds is 9. The van der Waals surface area contributed by atoms with Crippen molar-refractivity contribution in [1.82, 2.24) is 4.90 Å². The molecule has 0 radical (unpaired) electrons. The number of aliphatic hydroxyl groups excluding tert-OH is 1. The van der Waals surface area contributed by atoms with E-state index >= 15 is 0 Å². The minimum atomic E-state index is -2.37. The maximum atomic E-state index is 10.9. The molecule has 0 aromatic rings. The molecule has 5 N–H and O–H groups in total. The molecule has 0 saturated heterocycles. The maximum absolute atomic E-state index is 10.9. The molecule has 0 aliphatic heterocycles. The third-order valence-corrected chi connectivity index (χ3v) is 2.15. The molecular formula is C9H14NNaO9. The second-order valence-electron chi connectivity index (χ2n) is 3.57. The number of carboxylic acids is 4. The summed E-state index contributed by atoms with van der Waals surface area (Å²) >= 11 is 0. The van der Waals surface area contributed by atoms with Gasteiger partial charge in [0, 0.05) is 6.54 Å². The van der Waals surface area contributed by atoms with Crippen molar-refractivity contribution in [3.63, 3.8) is 0 Å². The van der Waals surface area contributed by atoms with Crippen molar-refractivity contribution in [3.8, 4) is 0 Å². The monoisotopic (exact) mass is 303 g/mol. The van der Waals surface area contributed by atoms with Gasteiger partial charge in [0.1, 0.15) is 6.04 Å². The minimum absolute atomic E-state index is 0. The first-order valence-electron chi connectivity index (χ1n) is 4.98. The van der Waals surface area contributed by atoms with Crippen molar-refractivity contribution >= 4 is 53.4 Å². The molecule has 0 spiro atoms. The van der Waals surface area contributed by atoms with Gasteiger partial charge in [-0.3, -0.25) is 19.3 Å². The first-order valence-corrected chi connectivity index (χ1v) is 4.98. The fraction of sp³-hybridized carbons (Fsp3) is 0.556. The van der Waals surface area contributed by atoms with Crippen LogP contribution in [0.15, 0.2) is 0 Å². The van der Waals surface area contributed by atoms with Gasteiger partial charge < -0.3 is 25.5 Å². The van der Waals surface area contributed by atoms with Crippen LogP contribution in [0.4, 0.5) is 0 Å². The summed E-state index contributed by atoms with van der Waals surface area (Å²) in [5, 5.41) is 43.7. The predicted octanol–water partition coefficient (Wildman–Crippen LogP) is -2.90. The first kappa shape index (κ1) is 21.1. The molecule has 1 unspecified atom stereocenters. The second-order valence-corrected chi connectivity index (χ2v) is 3.57. The number of carboxylic acid groups (broad SMARTS) is 4. The summed E-state index contributed by atoms with van der Waals surface area (Å²) in [6.07, 6.45) is -2.96. The van der Waals surface area contributed by atoms with Crippen LogP contribution in [0.2, 0.25) is 0 Å². The zero-order valence-electron chi connectivity index (χ0n) is 9.59. The van der Waals surface area contributed by atoms with Gasteiger partial charge in [-0.1, -0.05) is 0 Å². The van der Waals surface area contributed by atoms with E-state index in [2.05, 4.69) is 0 Å². The Bertz CT molecular complexity index is 386. The van der Waals surface area contributed by atoms with Crippen LogP contribution in [0.3, 0.4) is 0 Å². The number of aliphatic hydroxyl groups is 1. The summed E-state index contributed by atoms with van der Waals surface area (Å²) in [5.41, 5.74) is 0. The average Bonchev–Trinajstić information content (AvgIpc) is 2.24. The molecule has 20 heavy (non-hydrogen) atoms. The van der Waals surface area contributed by atoms with Crippen molar-refractivity contribution in [2.24, 2.45) is 0 Å². The Morgan fingerprint density at radius 1 is 0.900 bits per heavy atom. The molecule has 0 aromatic heterocycles. The molecule has 0 saturated carbocycles. The van der Waals surface area contributed by atoms with Crippen LogP contribution >= 0.6 is 0 Å². The molecular weight excluding hydrogens is 289 g/mol. The van der Waals surface area contributed by atoms with Crippen molar-refractivity contribution in [3.05, 3.63) is 0 Å².